The SMILES string of the molecule is CCC1=CC=C(CC)/C(=N/S)C1=N. The van der Waals surface area contributed by atoms with E-state index in [0.717, 1.165) is 29.7 Å². The van der Waals surface area contributed by atoms with E-state index >= 15 is 0 Å². The Morgan fingerprint density at radius 3 is 2.23 bits per heavy atom. The van der Waals surface area contributed by atoms with Crippen molar-refractivity contribution in [3.05, 3.63) is 23.3 Å². The van der Waals surface area contributed by atoms with Gasteiger partial charge >= 0.3 is 0 Å². The summed E-state index contributed by atoms with van der Waals surface area (Å²) in [5, 5.41) is 7.85. The molecule has 0 aromatic heterocycles. The van der Waals surface area contributed by atoms with Crippen LogP contribution in [0, 0.1) is 5.41 Å². The normalized spacial score (nSPS) is 20.2. The maximum Gasteiger partial charge on any atom is 0.0993 e. The summed E-state index contributed by atoms with van der Waals surface area (Å²) in [6.07, 6.45) is 5.81. The molecule has 0 fully saturated rings. The molecule has 0 radical (unpaired) electrons. The van der Waals surface area contributed by atoms with Crippen LogP contribution in [0.2, 0.25) is 0 Å². The van der Waals surface area contributed by atoms with Crippen LogP contribution in [0.5, 0.6) is 0 Å². The van der Waals surface area contributed by atoms with E-state index in [1.165, 1.54) is 0 Å². The van der Waals surface area contributed by atoms with E-state index < -0.39 is 0 Å². The van der Waals surface area contributed by atoms with Crippen LogP contribution in [-0.2, 0) is 0 Å². The van der Waals surface area contributed by atoms with Crippen molar-refractivity contribution < 1.29 is 0 Å². The Morgan fingerprint density at radius 1 is 1.23 bits per heavy atom. The predicted octanol–water partition coefficient (Wildman–Crippen LogP) is 2.98. The topological polar surface area (TPSA) is 36.2 Å². The minimum atomic E-state index is 0.525. The molecule has 0 bridgehead atoms. The van der Waals surface area contributed by atoms with E-state index in [4.69, 9.17) is 5.41 Å². The van der Waals surface area contributed by atoms with Crippen LogP contribution in [0.1, 0.15) is 26.7 Å². The second-order valence-electron chi connectivity index (χ2n) is 2.91. The minimum absolute atomic E-state index is 0.525. The molecule has 0 aromatic rings. The minimum Gasteiger partial charge on any atom is -0.298 e. The van der Waals surface area contributed by atoms with E-state index in [1.54, 1.807) is 0 Å². The molecule has 1 aliphatic carbocycles. The molecule has 0 saturated carbocycles. The van der Waals surface area contributed by atoms with Crippen LogP contribution in [-0.4, -0.2) is 11.4 Å². The van der Waals surface area contributed by atoms with Crippen LogP contribution in [0.25, 0.3) is 0 Å². The van der Waals surface area contributed by atoms with Crippen molar-refractivity contribution in [3.8, 4) is 0 Å². The summed E-state index contributed by atoms with van der Waals surface area (Å²) in [5.41, 5.74) is 3.38. The maximum absolute atomic E-state index is 7.85. The first-order valence-corrected chi connectivity index (χ1v) is 4.86. The van der Waals surface area contributed by atoms with Crippen molar-refractivity contribution in [2.24, 2.45) is 4.40 Å². The summed E-state index contributed by atoms with van der Waals surface area (Å²) in [6, 6.07) is 0. The molecular weight excluding hydrogens is 180 g/mol. The highest BCUT2D eigenvalue weighted by molar-refractivity contribution is 7.79. The number of rotatable bonds is 2. The molecular formula is C10H14N2S. The van der Waals surface area contributed by atoms with Crippen molar-refractivity contribution in [1.29, 1.82) is 5.41 Å². The third-order valence-corrected chi connectivity index (χ3v) is 2.41. The molecule has 3 heteroatoms. The summed E-state index contributed by atoms with van der Waals surface area (Å²) in [5.74, 6) is 0. The standard InChI is InChI=1S/C10H14N2S/c1-3-7-5-6-8(4-2)10(12-13)9(7)11/h5-6,11,13H,3-4H2,1-2H3/b11-9?,12-10-. The van der Waals surface area contributed by atoms with Crippen molar-refractivity contribution in [3.63, 3.8) is 0 Å². The molecule has 70 valence electrons. The molecule has 1 N–H and O–H groups in total. The third-order valence-electron chi connectivity index (χ3n) is 2.21. The van der Waals surface area contributed by atoms with Gasteiger partial charge in [-0.2, -0.15) is 0 Å². The Balaban J connectivity index is 3.09. The first-order valence-electron chi connectivity index (χ1n) is 4.46. The third kappa shape index (κ3) is 1.91. The Bertz CT molecular complexity index is 311. The zero-order chi connectivity index (χ0) is 9.84. The first-order chi connectivity index (χ1) is 6.24. The average molecular weight is 194 g/mol. The predicted molar refractivity (Wildman–Crippen MR) is 60.9 cm³/mol. The quantitative estimate of drug-likeness (QED) is 0.501. The molecule has 0 saturated heterocycles. The van der Waals surface area contributed by atoms with Gasteiger partial charge in [0.2, 0.25) is 0 Å². The van der Waals surface area contributed by atoms with Crippen LogP contribution >= 0.6 is 12.8 Å². The van der Waals surface area contributed by atoms with Gasteiger partial charge in [-0.15, -0.1) is 0 Å². The summed E-state index contributed by atoms with van der Waals surface area (Å²) in [4.78, 5) is 0. The Morgan fingerprint density at radius 2 is 1.77 bits per heavy atom. The molecule has 0 spiro atoms. The molecule has 13 heavy (non-hydrogen) atoms. The van der Waals surface area contributed by atoms with E-state index in [2.05, 4.69) is 24.1 Å². The summed E-state index contributed by atoms with van der Waals surface area (Å²) >= 11 is 3.89. The average Bonchev–Trinajstić information content (AvgIpc) is 2.17. The molecule has 1 rings (SSSR count). The van der Waals surface area contributed by atoms with Gasteiger partial charge in [-0.3, -0.25) is 5.41 Å². The number of thiol groups is 1. The second-order valence-corrected chi connectivity index (χ2v) is 3.11. The van der Waals surface area contributed by atoms with Gasteiger partial charge in [-0.1, -0.05) is 26.0 Å². The molecule has 0 atom stereocenters. The first kappa shape index (κ1) is 10.3. The summed E-state index contributed by atoms with van der Waals surface area (Å²) in [6.45, 7) is 4.10. The zero-order valence-corrected chi connectivity index (χ0v) is 8.86. The van der Waals surface area contributed by atoms with E-state index in [0.29, 0.717) is 5.71 Å². The van der Waals surface area contributed by atoms with Crippen LogP contribution < -0.4 is 0 Å². The number of hydrogen-bond acceptors (Lipinski definition) is 3. The summed E-state index contributed by atoms with van der Waals surface area (Å²) in [7, 11) is 0. The van der Waals surface area contributed by atoms with Gasteiger partial charge in [0.25, 0.3) is 0 Å². The van der Waals surface area contributed by atoms with Crippen molar-refractivity contribution in [2.45, 2.75) is 26.7 Å². The number of allylic oxidation sites excluding steroid dienone is 4. The highest BCUT2D eigenvalue weighted by Crippen LogP contribution is 2.18. The van der Waals surface area contributed by atoms with E-state index in [1.807, 2.05) is 19.1 Å². The molecule has 0 aromatic carbocycles. The molecule has 0 aliphatic heterocycles. The van der Waals surface area contributed by atoms with E-state index in [9.17, 15) is 0 Å². The van der Waals surface area contributed by atoms with Gasteiger partial charge in [0.15, 0.2) is 0 Å². The zero-order valence-electron chi connectivity index (χ0n) is 7.96. The lowest BCUT2D eigenvalue weighted by molar-refractivity contribution is 1.14. The molecule has 0 amide bonds. The van der Waals surface area contributed by atoms with Crippen molar-refractivity contribution in [1.82, 2.24) is 0 Å². The fourth-order valence-corrected chi connectivity index (χ4v) is 1.60. The highest BCUT2D eigenvalue weighted by atomic mass is 32.1. The summed E-state index contributed by atoms with van der Waals surface area (Å²) < 4.78 is 3.86. The maximum atomic E-state index is 7.85. The van der Waals surface area contributed by atoms with Crippen molar-refractivity contribution in [2.75, 3.05) is 0 Å². The Labute approximate surface area is 84.5 Å². The largest absolute Gasteiger partial charge is 0.298 e. The number of hydrogen-bond donors (Lipinski definition) is 2. The van der Waals surface area contributed by atoms with Gasteiger partial charge in [-0.05, 0) is 36.8 Å². The molecule has 0 heterocycles. The van der Waals surface area contributed by atoms with Gasteiger partial charge in [0.05, 0.1) is 11.4 Å². The Hall–Kier alpha value is -0.830. The van der Waals surface area contributed by atoms with Crippen LogP contribution in [0.15, 0.2) is 27.7 Å². The second kappa shape index (κ2) is 4.42. The van der Waals surface area contributed by atoms with Gasteiger partial charge in [0.1, 0.15) is 0 Å². The van der Waals surface area contributed by atoms with Crippen LogP contribution in [0.3, 0.4) is 0 Å². The Kier molecular flexibility index (Phi) is 3.48. The van der Waals surface area contributed by atoms with Crippen molar-refractivity contribution >= 4 is 24.2 Å². The van der Waals surface area contributed by atoms with Gasteiger partial charge in [0, 0.05) is 0 Å². The lowest BCUT2D eigenvalue weighted by Gasteiger charge is -2.15. The number of nitrogens with one attached hydrogen (secondary N) is 1. The molecule has 2 nitrogen and oxygen atoms in total. The lowest BCUT2D eigenvalue weighted by atomic mass is 9.91. The lowest BCUT2D eigenvalue weighted by Crippen LogP contribution is -2.20. The highest BCUT2D eigenvalue weighted by Gasteiger charge is 2.17. The fourth-order valence-electron chi connectivity index (χ4n) is 1.37. The van der Waals surface area contributed by atoms with E-state index in [-0.39, 0.29) is 0 Å². The monoisotopic (exact) mass is 194 g/mol. The van der Waals surface area contributed by atoms with Gasteiger partial charge in [-0.25, -0.2) is 4.40 Å². The molecule has 0 unspecified atom stereocenters. The molecule has 1 aliphatic rings. The fraction of sp³-hybridized carbons (Fsp3) is 0.400. The number of nitrogens with zero attached hydrogens (tertiary/aromatic N) is 1. The van der Waals surface area contributed by atoms with Crippen LogP contribution in [0.4, 0.5) is 0 Å². The smallest absolute Gasteiger partial charge is 0.0993 e. The van der Waals surface area contributed by atoms with Gasteiger partial charge < -0.3 is 0 Å².